The molecule has 0 saturated heterocycles. The average Bonchev–Trinajstić information content (AvgIpc) is 2.78. The molecule has 0 aliphatic carbocycles. The zero-order chi connectivity index (χ0) is 21.4. The zero-order valence-corrected chi connectivity index (χ0v) is 17.6. The van der Waals surface area contributed by atoms with Crippen LogP contribution >= 0.6 is 0 Å². The number of aryl methyl sites for hydroxylation is 1. The largest absolute Gasteiger partial charge is 0.290 e. The van der Waals surface area contributed by atoms with Crippen LogP contribution in [0.25, 0.3) is 10.9 Å². The van der Waals surface area contributed by atoms with Crippen molar-refractivity contribution in [3.63, 3.8) is 0 Å². The topological polar surface area (TPSA) is 64.1 Å². The number of aromatic nitrogens is 1. The van der Waals surface area contributed by atoms with E-state index in [1.807, 2.05) is 25.1 Å². The quantitative estimate of drug-likeness (QED) is 0.425. The second kappa shape index (κ2) is 7.50. The van der Waals surface area contributed by atoms with Gasteiger partial charge in [0.15, 0.2) is 14.6 Å². The Morgan fingerprint density at radius 3 is 2.13 bits per heavy atom. The Kier molecular flexibility index (Phi) is 5.00. The molecule has 3 aromatic carbocycles. The van der Waals surface area contributed by atoms with Crippen LogP contribution < -0.4 is 0 Å². The van der Waals surface area contributed by atoms with Gasteiger partial charge in [-0.15, -0.1) is 0 Å². The predicted molar refractivity (Wildman–Crippen MR) is 118 cm³/mol. The molecule has 4 rings (SSSR count). The highest BCUT2D eigenvalue weighted by Gasteiger charge is 2.49. The number of hydrogen-bond donors (Lipinski definition) is 0. The fourth-order valence-electron chi connectivity index (χ4n) is 3.55. The number of sulfone groups is 1. The molecular formula is C25H21NO3S. The van der Waals surface area contributed by atoms with E-state index < -0.39 is 20.4 Å². The molecule has 0 spiro atoms. The number of hydrogen-bond acceptors (Lipinski definition) is 4. The Morgan fingerprint density at radius 2 is 1.43 bits per heavy atom. The molecule has 0 amide bonds. The first-order valence-electron chi connectivity index (χ1n) is 9.61. The van der Waals surface area contributed by atoms with Gasteiger partial charge in [0.2, 0.25) is 5.78 Å². The summed E-state index contributed by atoms with van der Waals surface area (Å²) in [5.74, 6) is -0.556. The summed E-state index contributed by atoms with van der Waals surface area (Å²) in [6.45, 7) is 3.35. The second-order valence-electron chi connectivity index (χ2n) is 7.43. The van der Waals surface area contributed by atoms with E-state index in [2.05, 4.69) is 4.98 Å². The van der Waals surface area contributed by atoms with Gasteiger partial charge >= 0.3 is 0 Å². The van der Waals surface area contributed by atoms with E-state index in [1.54, 1.807) is 72.8 Å². The van der Waals surface area contributed by atoms with Gasteiger partial charge in [-0.05, 0) is 43.7 Å². The van der Waals surface area contributed by atoms with Gasteiger partial charge in [-0.2, -0.15) is 0 Å². The molecule has 0 aliphatic heterocycles. The summed E-state index contributed by atoms with van der Waals surface area (Å²) in [5.41, 5.74) is 2.12. The first kappa shape index (κ1) is 20.0. The van der Waals surface area contributed by atoms with Gasteiger partial charge in [-0.25, -0.2) is 13.4 Å². The molecule has 0 N–H and O–H groups in total. The maximum Gasteiger partial charge on any atom is 0.206 e. The Bertz CT molecular complexity index is 1330. The zero-order valence-electron chi connectivity index (χ0n) is 16.7. The summed E-state index contributed by atoms with van der Waals surface area (Å²) >= 11 is 0. The number of ketones is 1. The fourth-order valence-corrected chi connectivity index (χ4v) is 5.32. The van der Waals surface area contributed by atoms with Crippen LogP contribution in [0.3, 0.4) is 0 Å². The molecule has 0 bridgehead atoms. The molecule has 1 aromatic heterocycles. The van der Waals surface area contributed by atoms with Crippen LogP contribution in [0.5, 0.6) is 0 Å². The van der Waals surface area contributed by atoms with Crippen molar-refractivity contribution in [1.82, 2.24) is 4.98 Å². The minimum atomic E-state index is -4.06. The third-order valence-corrected chi connectivity index (χ3v) is 7.85. The molecule has 30 heavy (non-hydrogen) atoms. The Hall–Kier alpha value is -3.31. The summed E-state index contributed by atoms with van der Waals surface area (Å²) in [5, 5.41) is 0.886. The van der Waals surface area contributed by atoms with Crippen LogP contribution in [0, 0.1) is 6.92 Å². The highest BCUT2D eigenvalue weighted by molar-refractivity contribution is 7.93. The number of carbonyl (C=O) groups is 1. The lowest BCUT2D eigenvalue weighted by molar-refractivity contribution is 0.0940. The SMILES string of the molecule is Cc1ccc(S(=O)(=O)C(C)(C(=O)c2ccc3ccccc3n2)c2ccccc2)cc1. The number of fused-ring (bicyclic) bond motifs is 1. The second-order valence-corrected chi connectivity index (χ2v) is 9.73. The first-order valence-corrected chi connectivity index (χ1v) is 11.1. The first-order chi connectivity index (χ1) is 14.3. The number of benzene rings is 3. The number of Topliss-reactive ketones (excluding diaryl/α,β-unsaturated/α-hetero) is 1. The van der Waals surface area contributed by atoms with Crippen LogP contribution in [0.4, 0.5) is 0 Å². The smallest absolute Gasteiger partial charge is 0.206 e. The predicted octanol–water partition coefficient (Wildman–Crippen LogP) is 5.12. The lowest BCUT2D eigenvalue weighted by Gasteiger charge is -2.28. The number of para-hydroxylation sites is 1. The molecule has 0 radical (unpaired) electrons. The highest BCUT2D eigenvalue weighted by Crippen LogP contribution is 2.38. The molecule has 0 saturated carbocycles. The summed E-state index contributed by atoms with van der Waals surface area (Å²) in [6.07, 6.45) is 0. The molecule has 0 fully saturated rings. The minimum absolute atomic E-state index is 0.105. The summed E-state index contributed by atoms with van der Waals surface area (Å²) in [4.78, 5) is 18.3. The van der Waals surface area contributed by atoms with Crippen LogP contribution in [0.15, 0.2) is 95.9 Å². The molecule has 4 aromatic rings. The van der Waals surface area contributed by atoms with Crippen molar-refractivity contribution in [3.8, 4) is 0 Å². The highest BCUT2D eigenvalue weighted by atomic mass is 32.2. The van der Waals surface area contributed by atoms with Gasteiger partial charge in [0.05, 0.1) is 10.4 Å². The monoisotopic (exact) mass is 415 g/mol. The fraction of sp³-hybridized carbons (Fsp3) is 0.120. The van der Waals surface area contributed by atoms with Crippen LogP contribution in [0.2, 0.25) is 0 Å². The lowest BCUT2D eigenvalue weighted by Crippen LogP contribution is -2.41. The maximum absolute atomic E-state index is 13.8. The molecule has 4 nitrogen and oxygen atoms in total. The lowest BCUT2D eigenvalue weighted by atomic mass is 9.93. The van der Waals surface area contributed by atoms with Gasteiger partial charge in [-0.3, -0.25) is 4.79 Å². The number of carbonyl (C=O) groups excluding carboxylic acids is 1. The van der Waals surface area contributed by atoms with E-state index >= 15 is 0 Å². The molecule has 1 unspecified atom stereocenters. The van der Waals surface area contributed by atoms with E-state index in [0.717, 1.165) is 10.9 Å². The maximum atomic E-state index is 13.8. The van der Waals surface area contributed by atoms with Gasteiger partial charge in [0.1, 0.15) is 5.69 Å². The van der Waals surface area contributed by atoms with E-state index in [9.17, 15) is 13.2 Å². The molecule has 150 valence electrons. The van der Waals surface area contributed by atoms with Crippen molar-refractivity contribution in [2.24, 2.45) is 0 Å². The molecule has 1 atom stereocenters. The Balaban J connectivity index is 1.93. The van der Waals surface area contributed by atoms with Crippen molar-refractivity contribution in [2.75, 3.05) is 0 Å². The standard InChI is InChI=1S/C25H21NO3S/c1-18-12-15-21(16-13-18)30(28,29)25(2,20-9-4-3-5-10-20)24(27)23-17-14-19-8-6-7-11-22(19)26-23/h3-17H,1-2H3. The third kappa shape index (κ3) is 3.21. The molecular weight excluding hydrogens is 394 g/mol. The van der Waals surface area contributed by atoms with Crippen LogP contribution in [0.1, 0.15) is 28.5 Å². The van der Waals surface area contributed by atoms with Gasteiger partial charge < -0.3 is 0 Å². The average molecular weight is 416 g/mol. The summed E-state index contributed by atoms with van der Waals surface area (Å²) in [7, 11) is -4.06. The third-order valence-electron chi connectivity index (χ3n) is 5.46. The van der Waals surface area contributed by atoms with Gasteiger partial charge in [0.25, 0.3) is 0 Å². The van der Waals surface area contributed by atoms with Gasteiger partial charge in [-0.1, -0.05) is 72.3 Å². The van der Waals surface area contributed by atoms with E-state index in [4.69, 9.17) is 0 Å². The van der Waals surface area contributed by atoms with Crippen LogP contribution in [-0.4, -0.2) is 19.2 Å². The Morgan fingerprint density at radius 1 is 0.800 bits per heavy atom. The Labute approximate surface area is 176 Å². The van der Waals surface area contributed by atoms with Crippen LogP contribution in [-0.2, 0) is 14.6 Å². The normalized spacial score (nSPS) is 13.7. The number of pyridine rings is 1. The molecule has 0 aliphatic rings. The number of nitrogens with zero attached hydrogens (tertiary/aromatic N) is 1. The van der Waals surface area contributed by atoms with Crippen molar-refractivity contribution in [1.29, 1.82) is 0 Å². The summed E-state index contributed by atoms with van der Waals surface area (Å²) < 4.78 is 25.8. The minimum Gasteiger partial charge on any atom is -0.290 e. The summed E-state index contributed by atoms with van der Waals surface area (Å²) in [6, 6.07) is 26.0. The van der Waals surface area contributed by atoms with E-state index in [-0.39, 0.29) is 10.6 Å². The van der Waals surface area contributed by atoms with Crippen molar-refractivity contribution in [3.05, 3.63) is 108 Å². The van der Waals surface area contributed by atoms with Crippen molar-refractivity contribution >= 4 is 26.5 Å². The number of rotatable bonds is 5. The van der Waals surface area contributed by atoms with E-state index in [1.165, 1.54) is 6.92 Å². The van der Waals surface area contributed by atoms with Crippen molar-refractivity contribution in [2.45, 2.75) is 23.5 Å². The van der Waals surface area contributed by atoms with Gasteiger partial charge in [0, 0.05) is 5.39 Å². The molecule has 1 heterocycles. The van der Waals surface area contributed by atoms with Crippen molar-refractivity contribution < 1.29 is 13.2 Å². The van der Waals surface area contributed by atoms with E-state index in [0.29, 0.717) is 11.1 Å². The molecule has 5 heteroatoms.